The summed E-state index contributed by atoms with van der Waals surface area (Å²) in [7, 11) is 0. The zero-order valence-electron chi connectivity index (χ0n) is 60.3. The fourth-order valence-electron chi connectivity index (χ4n) is 17.7. The third-order valence-electron chi connectivity index (χ3n) is 22.6. The summed E-state index contributed by atoms with van der Waals surface area (Å²) in [6.07, 6.45) is 4.71. The maximum Gasteiger partial charge on any atom is -0.000718 e. The molecule has 0 fully saturated rings. The summed E-state index contributed by atoms with van der Waals surface area (Å²) in [5.41, 5.74) is 29.6. The van der Waals surface area contributed by atoms with Crippen LogP contribution < -0.4 is 0 Å². The van der Waals surface area contributed by atoms with Crippen molar-refractivity contribution in [3.63, 3.8) is 0 Å². The van der Waals surface area contributed by atoms with Crippen molar-refractivity contribution >= 4 is 64.6 Å². The molecule has 108 heavy (non-hydrogen) atoms. The Morgan fingerprint density at radius 2 is 0.222 bits per heavy atom. The average molecular weight is 1380 g/mol. The monoisotopic (exact) mass is 1370 g/mol. The van der Waals surface area contributed by atoms with Crippen LogP contribution in [0.1, 0.15) is 66.8 Å². The minimum absolute atomic E-state index is 0.786. The van der Waals surface area contributed by atoms with Gasteiger partial charge in [-0.1, -0.05) is 400 Å². The highest BCUT2D eigenvalue weighted by Crippen LogP contribution is 2.61. The molecule has 19 rings (SSSR count). The van der Waals surface area contributed by atoms with Gasteiger partial charge in [0.15, 0.2) is 0 Å². The van der Waals surface area contributed by atoms with E-state index in [0.717, 1.165) is 38.5 Å². The minimum atomic E-state index is 0.786. The fraction of sp³-hybridized carbons (Fsp3) is 0.0556. The van der Waals surface area contributed by atoms with Gasteiger partial charge in [-0.2, -0.15) is 0 Å². The second kappa shape index (κ2) is 29.0. The Labute approximate surface area is 632 Å². The average Bonchev–Trinajstić information content (AvgIpc) is 0.691. The first-order valence-corrected chi connectivity index (χ1v) is 38.1. The summed E-state index contributed by atoms with van der Waals surface area (Å²) in [4.78, 5) is 0. The van der Waals surface area contributed by atoms with Crippen molar-refractivity contribution in [3.8, 4) is 66.8 Å². The van der Waals surface area contributed by atoms with Crippen LogP contribution in [0.2, 0.25) is 0 Å². The molecule has 0 heteroatoms. The van der Waals surface area contributed by atoms with Crippen LogP contribution in [0.25, 0.3) is 131 Å². The Morgan fingerprint density at radius 1 is 0.102 bits per heavy atom. The molecule has 0 amide bonds. The Hall–Kier alpha value is -13.3. The summed E-state index contributed by atoms with van der Waals surface area (Å²) in [5.74, 6) is 0. The Kier molecular flexibility index (Phi) is 17.6. The molecule has 0 spiro atoms. The largest absolute Gasteiger partial charge is 0.0622 e. The van der Waals surface area contributed by atoms with Crippen LogP contribution in [0.3, 0.4) is 0 Å². The zero-order chi connectivity index (χ0) is 71.7. The smallest absolute Gasteiger partial charge is 0.000718 e. The van der Waals surface area contributed by atoms with Crippen LogP contribution >= 0.6 is 0 Å². The van der Waals surface area contributed by atoms with Gasteiger partial charge in [-0.3, -0.25) is 0 Å². The molecule has 0 unspecified atom stereocenters. The van der Waals surface area contributed by atoms with Crippen molar-refractivity contribution < 1.29 is 0 Å². The molecule has 510 valence electrons. The van der Waals surface area contributed by atoms with Crippen molar-refractivity contribution in [1.82, 2.24) is 0 Å². The van der Waals surface area contributed by atoms with E-state index in [1.54, 1.807) is 0 Å². The first-order valence-electron chi connectivity index (χ1n) is 38.1. The molecule has 0 saturated carbocycles. The van der Waals surface area contributed by atoms with Gasteiger partial charge in [-0.15, -0.1) is 0 Å². The molecule has 19 aromatic carbocycles. The third kappa shape index (κ3) is 12.4. The molecular formula is C108H78. The van der Waals surface area contributed by atoms with E-state index in [-0.39, 0.29) is 0 Å². The first-order chi connectivity index (χ1) is 53.6. The van der Waals surface area contributed by atoms with Crippen molar-refractivity contribution in [1.29, 1.82) is 0 Å². The predicted octanol–water partition coefficient (Wildman–Crippen LogP) is 28.2. The highest BCUT2D eigenvalue weighted by Gasteiger charge is 2.34. The number of hydrogen-bond donors (Lipinski definition) is 0. The number of benzene rings is 19. The molecule has 0 N–H and O–H groups in total. The van der Waals surface area contributed by atoms with Gasteiger partial charge in [0, 0.05) is 0 Å². The summed E-state index contributed by atoms with van der Waals surface area (Å²) in [6.45, 7) is 0. The highest BCUT2D eigenvalue weighted by molar-refractivity contribution is 6.26. The van der Waals surface area contributed by atoms with E-state index in [1.807, 2.05) is 0 Å². The maximum absolute atomic E-state index is 2.52. The summed E-state index contributed by atoms with van der Waals surface area (Å²) < 4.78 is 0. The molecule has 0 saturated heterocycles. The molecule has 0 aliphatic rings. The van der Waals surface area contributed by atoms with Crippen LogP contribution in [0, 0.1) is 0 Å². The van der Waals surface area contributed by atoms with Crippen molar-refractivity contribution in [2.24, 2.45) is 0 Å². The van der Waals surface area contributed by atoms with Crippen LogP contribution in [0.4, 0.5) is 0 Å². The molecule has 0 heterocycles. The molecule has 0 aromatic heterocycles. The Bertz CT molecular complexity index is 5500. The molecular weight excluding hydrogens is 1300 g/mol. The lowest BCUT2D eigenvalue weighted by molar-refractivity contribution is 1.21. The lowest BCUT2D eigenvalue weighted by Gasteiger charge is -2.32. The second-order valence-corrected chi connectivity index (χ2v) is 29.1. The van der Waals surface area contributed by atoms with E-state index < -0.39 is 0 Å². The highest BCUT2D eigenvalue weighted by atomic mass is 14.4. The van der Waals surface area contributed by atoms with Crippen LogP contribution in [-0.4, -0.2) is 0 Å². The molecule has 19 aromatic rings. The van der Waals surface area contributed by atoms with Crippen molar-refractivity contribution in [2.75, 3.05) is 0 Å². The van der Waals surface area contributed by atoms with Gasteiger partial charge in [0.25, 0.3) is 0 Å². The lowest BCUT2D eigenvalue weighted by Crippen LogP contribution is -2.05. The quantitative estimate of drug-likeness (QED) is 0.0803. The van der Waals surface area contributed by atoms with Gasteiger partial charge >= 0.3 is 0 Å². The molecule has 0 aliphatic carbocycles. The molecule has 0 radical (unpaired) electrons. The van der Waals surface area contributed by atoms with Crippen LogP contribution in [0.5, 0.6) is 0 Å². The Balaban J connectivity index is 1.07. The number of rotatable bonds is 18. The Morgan fingerprint density at radius 3 is 0.361 bits per heavy atom. The van der Waals surface area contributed by atoms with E-state index in [1.165, 1.54) is 198 Å². The van der Waals surface area contributed by atoms with Gasteiger partial charge < -0.3 is 0 Å². The van der Waals surface area contributed by atoms with E-state index >= 15 is 0 Å². The van der Waals surface area contributed by atoms with Crippen molar-refractivity contribution in [3.05, 3.63) is 467 Å². The van der Waals surface area contributed by atoms with Crippen molar-refractivity contribution in [2.45, 2.75) is 38.5 Å². The summed E-state index contributed by atoms with van der Waals surface area (Å²) in [6, 6.07) is 152. The number of fused-ring (bicyclic) bond motifs is 6. The summed E-state index contributed by atoms with van der Waals surface area (Å²) in [5, 5.41) is 14.6. The lowest BCUT2D eigenvalue weighted by atomic mass is 9.70. The summed E-state index contributed by atoms with van der Waals surface area (Å²) >= 11 is 0. The van der Waals surface area contributed by atoms with Crippen LogP contribution in [0.15, 0.2) is 400 Å². The standard InChI is InChI=1S/C108H78/c1-7-31-73(32-8-1)67-79-55-61-97(91-49-25-19-43-85(79)91)103-104(98-62-56-80(68-74-33-9-2-10-34-74)86-44-20-26-50-92(86)98)106(100-64-58-82(70-76-37-13-4-14-38-76)88-46-22-28-52-94(88)100)108(102-66-60-84(72-78-41-17-6-18-42-78)90-48-24-30-54-96(90)102)107(101-65-59-83(71-77-39-15-5-16-40-77)89-47-23-29-53-95(89)101)105(103)99-63-57-81(69-75-35-11-3-12-36-75)87-45-21-27-51-93(87)99/h1-66H,67-72H2. The third-order valence-corrected chi connectivity index (χ3v) is 22.6. The first kappa shape index (κ1) is 65.5. The van der Waals surface area contributed by atoms with Gasteiger partial charge in [0.1, 0.15) is 0 Å². The zero-order valence-corrected chi connectivity index (χ0v) is 60.3. The van der Waals surface area contributed by atoms with E-state index in [2.05, 4.69) is 400 Å². The second-order valence-electron chi connectivity index (χ2n) is 29.1. The fourth-order valence-corrected chi connectivity index (χ4v) is 17.7. The van der Waals surface area contributed by atoms with E-state index in [0.29, 0.717) is 0 Å². The topological polar surface area (TPSA) is 0 Å². The molecule has 0 nitrogen and oxygen atoms in total. The van der Waals surface area contributed by atoms with Gasteiger partial charge in [-0.25, -0.2) is 0 Å². The SMILES string of the molecule is c1ccc(Cc2ccc(-c3c(-c4ccc(Cc5ccccc5)c5ccccc45)c(-c4ccc(Cc5ccccc5)c5ccccc45)c(-c4ccc(Cc5ccccc5)c5ccccc45)c(-c4ccc(Cc5ccccc5)c5ccccc45)c3-c3ccc(Cc4ccccc4)c4ccccc34)c3ccccc23)cc1. The van der Waals surface area contributed by atoms with Gasteiger partial charge in [0.05, 0.1) is 0 Å². The van der Waals surface area contributed by atoms with Gasteiger partial charge in [0.2, 0.25) is 0 Å². The number of hydrogen-bond acceptors (Lipinski definition) is 0. The van der Waals surface area contributed by atoms with Gasteiger partial charge in [-0.05, 0) is 237 Å². The molecule has 0 aliphatic heterocycles. The molecule has 0 bridgehead atoms. The van der Waals surface area contributed by atoms with Crippen LogP contribution in [-0.2, 0) is 38.5 Å². The van der Waals surface area contributed by atoms with E-state index in [9.17, 15) is 0 Å². The predicted molar refractivity (Wildman–Crippen MR) is 460 cm³/mol. The van der Waals surface area contributed by atoms with E-state index in [4.69, 9.17) is 0 Å². The normalized spacial score (nSPS) is 11.6. The minimum Gasteiger partial charge on any atom is -0.0622 e. The maximum atomic E-state index is 2.52. The molecule has 0 atom stereocenters.